The maximum atomic E-state index is 6.25. The van der Waals surface area contributed by atoms with Crippen molar-refractivity contribution in [2.24, 2.45) is 0 Å². The monoisotopic (exact) mass is 287 g/mol. The third kappa shape index (κ3) is 2.73. The SMILES string of the molecule is Clc1ccc2nc(Cl)c(Cc3ccccc3)cc2c1. The van der Waals surface area contributed by atoms with Gasteiger partial charge in [0.25, 0.3) is 0 Å². The Labute approximate surface area is 121 Å². The molecule has 3 aromatic rings. The van der Waals surface area contributed by atoms with Crippen LogP contribution >= 0.6 is 23.2 Å². The minimum atomic E-state index is 0.554. The predicted octanol–water partition coefficient (Wildman–Crippen LogP) is 5.13. The summed E-state index contributed by atoms with van der Waals surface area (Å²) in [4.78, 5) is 4.42. The summed E-state index contributed by atoms with van der Waals surface area (Å²) in [6.07, 6.45) is 0.773. The van der Waals surface area contributed by atoms with Crippen molar-refractivity contribution in [3.63, 3.8) is 0 Å². The molecule has 3 rings (SSSR count). The van der Waals surface area contributed by atoms with E-state index in [1.54, 1.807) is 0 Å². The molecule has 0 aliphatic rings. The first-order valence-electron chi connectivity index (χ1n) is 6.01. The van der Waals surface area contributed by atoms with Crippen molar-refractivity contribution in [1.29, 1.82) is 0 Å². The predicted molar refractivity (Wildman–Crippen MR) is 81.0 cm³/mol. The lowest BCUT2D eigenvalue weighted by Gasteiger charge is -2.06. The zero-order chi connectivity index (χ0) is 13.2. The third-order valence-electron chi connectivity index (χ3n) is 3.04. The van der Waals surface area contributed by atoms with E-state index in [0.29, 0.717) is 10.2 Å². The quantitative estimate of drug-likeness (QED) is 0.595. The molecule has 1 heterocycles. The Morgan fingerprint density at radius 2 is 1.68 bits per heavy atom. The molecule has 0 amide bonds. The number of rotatable bonds is 2. The number of hydrogen-bond acceptors (Lipinski definition) is 1. The molecule has 0 N–H and O–H groups in total. The number of hydrogen-bond donors (Lipinski definition) is 0. The molecule has 0 aliphatic carbocycles. The molecule has 0 radical (unpaired) electrons. The van der Waals surface area contributed by atoms with Crippen LogP contribution in [0.25, 0.3) is 10.9 Å². The van der Waals surface area contributed by atoms with Crippen molar-refractivity contribution in [3.05, 3.63) is 75.9 Å². The number of fused-ring (bicyclic) bond motifs is 1. The molecule has 1 nitrogen and oxygen atoms in total. The molecule has 0 aliphatic heterocycles. The third-order valence-corrected chi connectivity index (χ3v) is 3.60. The van der Waals surface area contributed by atoms with Crippen LogP contribution in [0.1, 0.15) is 11.1 Å². The molecule has 0 fully saturated rings. The van der Waals surface area contributed by atoms with Crippen molar-refractivity contribution in [1.82, 2.24) is 4.98 Å². The van der Waals surface area contributed by atoms with Gasteiger partial charge in [-0.15, -0.1) is 0 Å². The molecule has 0 saturated heterocycles. The van der Waals surface area contributed by atoms with Crippen LogP contribution in [0.15, 0.2) is 54.6 Å². The highest BCUT2D eigenvalue weighted by atomic mass is 35.5. The first-order chi connectivity index (χ1) is 9.22. The Morgan fingerprint density at radius 1 is 0.895 bits per heavy atom. The Kier molecular flexibility index (Phi) is 3.41. The van der Waals surface area contributed by atoms with Crippen LogP contribution in [0.5, 0.6) is 0 Å². The summed E-state index contributed by atoms with van der Waals surface area (Å²) in [6.45, 7) is 0. The second-order valence-corrected chi connectivity index (χ2v) is 5.23. The topological polar surface area (TPSA) is 12.9 Å². The van der Waals surface area contributed by atoms with Crippen molar-refractivity contribution in [3.8, 4) is 0 Å². The van der Waals surface area contributed by atoms with Gasteiger partial charge >= 0.3 is 0 Å². The van der Waals surface area contributed by atoms with E-state index in [-0.39, 0.29) is 0 Å². The van der Waals surface area contributed by atoms with Gasteiger partial charge in [-0.05, 0) is 35.4 Å². The summed E-state index contributed by atoms with van der Waals surface area (Å²) in [7, 11) is 0. The van der Waals surface area contributed by atoms with E-state index < -0.39 is 0 Å². The molecule has 0 bridgehead atoms. The summed E-state index contributed by atoms with van der Waals surface area (Å²) in [5.74, 6) is 0. The van der Waals surface area contributed by atoms with Crippen molar-refractivity contribution in [2.45, 2.75) is 6.42 Å². The van der Waals surface area contributed by atoms with Gasteiger partial charge in [0.05, 0.1) is 5.52 Å². The van der Waals surface area contributed by atoms with Crippen LogP contribution < -0.4 is 0 Å². The zero-order valence-corrected chi connectivity index (χ0v) is 11.6. The Bertz CT molecular complexity index is 723. The van der Waals surface area contributed by atoms with E-state index in [0.717, 1.165) is 22.9 Å². The van der Waals surface area contributed by atoms with E-state index in [4.69, 9.17) is 23.2 Å². The van der Waals surface area contributed by atoms with Crippen LogP contribution in [0.3, 0.4) is 0 Å². The lowest BCUT2D eigenvalue weighted by atomic mass is 10.0. The highest BCUT2D eigenvalue weighted by Gasteiger charge is 2.06. The molecule has 94 valence electrons. The van der Waals surface area contributed by atoms with Gasteiger partial charge in [-0.1, -0.05) is 53.5 Å². The van der Waals surface area contributed by atoms with Crippen molar-refractivity contribution < 1.29 is 0 Å². The number of benzene rings is 2. The van der Waals surface area contributed by atoms with Gasteiger partial charge < -0.3 is 0 Å². The van der Waals surface area contributed by atoms with Gasteiger partial charge in [-0.2, -0.15) is 0 Å². The maximum absolute atomic E-state index is 6.25. The van der Waals surface area contributed by atoms with Crippen LogP contribution in [0, 0.1) is 0 Å². The fourth-order valence-electron chi connectivity index (χ4n) is 2.11. The van der Waals surface area contributed by atoms with E-state index in [9.17, 15) is 0 Å². The van der Waals surface area contributed by atoms with Gasteiger partial charge in [0.1, 0.15) is 5.15 Å². The fraction of sp³-hybridized carbons (Fsp3) is 0.0625. The Morgan fingerprint density at radius 3 is 2.47 bits per heavy atom. The molecular weight excluding hydrogens is 277 g/mol. The maximum Gasteiger partial charge on any atom is 0.133 e. The van der Waals surface area contributed by atoms with E-state index >= 15 is 0 Å². The average Bonchev–Trinajstić information content (AvgIpc) is 2.41. The highest BCUT2D eigenvalue weighted by Crippen LogP contribution is 2.25. The minimum absolute atomic E-state index is 0.554. The molecule has 19 heavy (non-hydrogen) atoms. The number of halogens is 2. The second kappa shape index (κ2) is 5.20. The van der Waals surface area contributed by atoms with Crippen molar-refractivity contribution in [2.75, 3.05) is 0 Å². The lowest BCUT2D eigenvalue weighted by Crippen LogP contribution is -1.92. The van der Waals surface area contributed by atoms with Crippen LogP contribution in [0.2, 0.25) is 10.2 Å². The highest BCUT2D eigenvalue weighted by molar-refractivity contribution is 6.32. The summed E-state index contributed by atoms with van der Waals surface area (Å²) in [6, 6.07) is 17.9. The summed E-state index contributed by atoms with van der Waals surface area (Å²) in [5, 5.41) is 2.28. The molecule has 3 heteroatoms. The van der Waals surface area contributed by atoms with Gasteiger partial charge in [0, 0.05) is 16.8 Å². The second-order valence-electron chi connectivity index (χ2n) is 4.44. The van der Waals surface area contributed by atoms with Gasteiger partial charge in [0.2, 0.25) is 0 Å². The molecule has 1 aromatic heterocycles. The van der Waals surface area contributed by atoms with E-state index in [1.165, 1.54) is 5.56 Å². The van der Waals surface area contributed by atoms with Crippen molar-refractivity contribution >= 4 is 34.1 Å². The number of pyridine rings is 1. The molecule has 0 atom stereocenters. The summed E-state index contributed by atoms with van der Waals surface area (Å²) < 4.78 is 0. The van der Waals surface area contributed by atoms with Gasteiger partial charge in [0.15, 0.2) is 0 Å². The van der Waals surface area contributed by atoms with E-state index in [1.807, 2.05) is 36.4 Å². The van der Waals surface area contributed by atoms with Gasteiger partial charge in [-0.3, -0.25) is 0 Å². The molecule has 0 unspecified atom stereocenters. The average molecular weight is 288 g/mol. The summed E-state index contributed by atoms with van der Waals surface area (Å²) >= 11 is 12.3. The standard InChI is InChI=1S/C16H11Cl2N/c17-14-6-7-15-12(10-14)9-13(16(18)19-15)8-11-4-2-1-3-5-11/h1-7,9-10H,8H2. The summed E-state index contributed by atoms with van der Waals surface area (Å²) in [5.41, 5.74) is 3.10. The van der Waals surface area contributed by atoms with Gasteiger partial charge in [-0.25, -0.2) is 4.98 Å². The fourth-order valence-corrected chi connectivity index (χ4v) is 2.50. The minimum Gasteiger partial charge on any atom is -0.236 e. The Hall–Kier alpha value is -1.57. The van der Waals surface area contributed by atoms with E-state index in [2.05, 4.69) is 23.2 Å². The van der Waals surface area contributed by atoms with Crippen LogP contribution in [0.4, 0.5) is 0 Å². The molecule has 2 aromatic carbocycles. The largest absolute Gasteiger partial charge is 0.236 e. The Balaban J connectivity index is 2.06. The first-order valence-corrected chi connectivity index (χ1v) is 6.76. The normalized spacial score (nSPS) is 10.8. The zero-order valence-electron chi connectivity index (χ0n) is 10.1. The smallest absolute Gasteiger partial charge is 0.133 e. The first kappa shape index (κ1) is 12.5. The van der Waals surface area contributed by atoms with Crippen LogP contribution in [-0.4, -0.2) is 4.98 Å². The molecule has 0 saturated carbocycles. The van der Waals surface area contributed by atoms with Crippen LogP contribution in [-0.2, 0) is 6.42 Å². The number of aromatic nitrogens is 1. The number of nitrogens with zero attached hydrogens (tertiary/aromatic N) is 1. The molecular formula is C16H11Cl2N. The molecule has 0 spiro atoms. The lowest BCUT2D eigenvalue weighted by molar-refractivity contribution is 1.17.